The second kappa shape index (κ2) is 5.73. The average molecular weight is 261 g/mol. The van der Waals surface area contributed by atoms with E-state index >= 15 is 0 Å². The van der Waals surface area contributed by atoms with Crippen molar-refractivity contribution in [3.8, 4) is 5.75 Å². The van der Waals surface area contributed by atoms with E-state index in [0.717, 1.165) is 22.2 Å². The Kier molecular flexibility index (Phi) is 4.04. The maximum absolute atomic E-state index is 5.70. The van der Waals surface area contributed by atoms with E-state index in [-0.39, 0.29) is 0 Å². The van der Waals surface area contributed by atoms with Crippen LogP contribution in [-0.4, -0.2) is 17.1 Å². The molecule has 18 heavy (non-hydrogen) atoms. The smallest absolute Gasteiger partial charge is 0.141 e. The number of methoxy groups -OCH3 is 1. The number of hydrogen-bond donors (Lipinski definition) is 1. The van der Waals surface area contributed by atoms with Gasteiger partial charge in [0.2, 0.25) is 0 Å². The summed E-state index contributed by atoms with van der Waals surface area (Å²) < 4.78 is 5.29. The minimum absolute atomic E-state index is 0.512. The van der Waals surface area contributed by atoms with Gasteiger partial charge in [-0.3, -0.25) is 0 Å². The van der Waals surface area contributed by atoms with Crippen LogP contribution in [0, 0.1) is 6.92 Å². The number of ether oxygens (including phenoxy) is 1. The number of hydrogen-bond acceptors (Lipinski definition) is 5. The summed E-state index contributed by atoms with van der Waals surface area (Å²) in [5.74, 6) is 2.79. The van der Waals surface area contributed by atoms with Crippen LogP contribution in [0.2, 0.25) is 0 Å². The van der Waals surface area contributed by atoms with Crippen molar-refractivity contribution in [3.05, 3.63) is 41.9 Å². The molecule has 0 spiro atoms. The molecule has 0 radical (unpaired) electrons. The van der Waals surface area contributed by atoms with Crippen LogP contribution in [0.25, 0.3) is 0 Å². The first-order chi connectivity index (χ1) is 8.69. The van der Waals surface area contributed by atoms with Gasteiger partial charge in [0.1, 0.15) is 17.4 Å². The van der Waals surface area contributed by atoms with Gasteiger partial charge in [-0.25, -0.2) is 9.97 Å². The molecule has 0 aliphatic rings. The minimum atomic E-state index is 0.512. The highest BCUT2D eigenvalue weighted by molar-refractivity contribution is 7.98. The lowest BCUT2D eigenvalue weighted by molar-refractivity contribution is 0.405. The van der Waals surface area contributed by atoms with E-state index in [4.69, 9.17) is 10.5 Å². The van der Waals surface area contributed by atoms with E-state index in [9.17, 15) is 0 Å². The van der Waals surface area contributed by atoms with Crippen molar-refractivity contribution in [2.24, 2.45) is 0 Å². The number of benzene rings is 1. The summed E-state index contributed by atoms with van der Waals surface area (Å²) in [5, 5.41) is 0. The van der Waals surface area contributed by atoms with Gasteiger partial charge in [-0.05, 0) is 19.1 Å². The van der Waals surface area contributed by atoms with Crippen LogP contribution in [0.4, 0.5) is 5.82 Å². The van der Waals surface area contributed by atoms with Crippen molar-refractivity contribution in [1.82, 2.24) is 9.97 Å². The molecule has 1 aromatic heterocycles. The molecule has 94 valence electrons. The van der Waals surface area contributed by atoms with Gasteiger partial charge in [-0.1, -0.05) is 12.1 Å². The zero-order valence-corrected chi connectivity index (χ0v) is 11.2. The number of aromatic nitrogens is 2. The lowest BCUT2D eigenvalue weighted by Crippen LogP contribution is -2.00. The van der Waals surface area contributed by atoms with E-state index in [0.29, 0.717) is 11.6 Å². The van der Waals surface area contributed by atoms with Crippen LogP contribution in [0.15, 0.2) is 35.2 Å². The fraction of sp³-hybridized carbons (Fsp3) is 0.231. The summed E-state index contributed by atoms with van der Waals surface area (Å²) in [6.45, 7) is 1.91. The van der Waals surface area contributed by atoms with Crippen molar-refractivity contribution in [3.63, 3.8) is 0 Å². The Morgan fingerprint density at radius 3 is 2.78 bits per heavy atom. The molecule has 0 amide bonds. The Labute approximate surface area is 111 Å². The Bertz CT molecular complexity index is 525. The van der Waals surface area contributed by atoms with Crippen molar-refractivity contribution in [2.45, 2.75) is 17.6 Å². The molecule has 2 rings (SSSR count). The van der Waals surface area contributed by atoms with Gasteiger partial charge in [0.25, 0.3) is 0 Å². The molecule has 0 unspecified atom stereocenters. The van der Waals surface area contributed by atoms with Gasteiger partial charge in [0.05, 0.1) is 12.9 Å². The summed E-state index contributed by atoms with van der Waals surface area (Å²) in [7, 11) is 1.67. The molecule has 0 atom stereocenters. The zero-order valence-electron chi connectivity index (χ0n) is 10.4. The monoisotopic (exact) mass is 261 g/mol. The number of thioether (sulfide) groups is 1. The van der Waals surface area contributed by atoms with Crippen LogP contribution in [-0.2, 0) is 5.75 Å². The molecule has 2 aromatic rings. The van der Waals surface area contributed by atoms with E-state index in [1.807, 2.05) is 31.2 Å². The third kappa shape index (κ3) is 3.13. The molecule has 1 aromatic carbocycles. The molecular formula is C13H15N3OS. The quantitative estimate of drug-likeness (QED) is 0.857. The van der Waals surface area contributed by atoms with E-state index < -0.39 is 0 Å². The van der Waals surface area contributed by atoms with Gasteiger partial charge < -0.3 is 10.5 Å². The van der Waals surface area contributed by atoms with Crippen LogP contribution in [0.5, 0.6) is 5.75 Å². The van der Waals surface area contributed by atoms with Gasteiger partial charge in [0, 0.05) is 16.7 Å². The van der Waals surface area contributed by atoms with E-state index in [1.165, 1.54) is 0 Å². The van der Waals surface area contributed by atoms with Crippen molar-refractivity contribution < 1.29 is 4.74 Å². The summed E-state index contributed by atoms with van der Waals surface area (Å²) in [4.78, 5) is 9.63. The normalized spacial score (nSPS) is 10.3. The number of anilines is 1. The largest absolute Gasteiger partial charge is 0.496 e. The number of para-hydroxylation sites is 1. The first kappa shape index (κ1) is 12.7. The molecule has 0 fully saturated rings. The number of nitrogens with two attached hydrogens (primary N) is 1. The molecule has 5 heteroatoms. The zero-order chi connectivity index (χ0) is 13.0. The summed E-state index contributed by atoms with van der Waals surface area (Å²) in [6, 6.07) is 9.65. The van der Waals surface area contributed by atoms with E-state index in [2.05, 4.69) is 9.97 Å². The molecule has 0 bridgehead atoms. The maximum Gasteiger partial charge on any atom is 0.141 e. The predicted molar refractivity (Wildman–Crippen MR) is 73.7 cm³/mol. The Balaban J connectivity index is 2.11. The summed E-state index contributed by atoms with van der Waals surface area (Å²) >= 11 is 1.64. The average Bonchev–Trinajstić information content (AvgIpc) is 2.35. The van der Waals surface area contributed by atoms with Crippen molar-refractivity contribution >= 4 is 17.6 Å². The Morgan fingerprint density at radius 2 is 2.06 bits per heavy atom. The Hall–Kier alpha value is -1.75. The van der Waals surface area contributed by atoms with Crippen LogP contribution in [0.1, 0.15) is 11.5 Å². The van der Waals surface area contributed by atoms with Crippen LogP contribution < -0.4 is 10.5 Å². The second-order valence-corrected chi connectivity index (χ2v) is 4.81. The fourth-order valence-electron chi connectivity index (χ4n) is 1.60. The fourth-order valence-corrected chi connectivity index (χ4v) is 2.48. The minimum Gasteiger partial charge on any atom is -0.496 e. The predicted octanol–water partition coefficient (Wildman–Crippen LogP) is 2.67. The Morgan fingerprint density at radius 1 is 1.28 bits per heavy atom. The first-order valence-electron chi connectivity index (χ1n) is 5.55. The SMILES string of the molecule is COc1ccccc1SCc1nc(C)cc(N)n1. The van der Waals surface area contributed by atoms with E-state index in [1.54, 1.807) is 24.9 Å². The van der Waals surface area contributed by atoms with Gasteiger partial charge in [0.15, 0.2) is 0 Å². The van der Waals surface area contributed by atoms with Crippen molar-refractivity contribution in [2.75, 3.05) is 12.8 Å². The summed E-state index contributed by atoms with van der Waals surface area (Å²) in [5.41, 5.74) is 6.59. The highest BCUT2D eigenvalue weighted by atomic mass is 32.2. The lowest BCUT2D eigenvalue weighted by atomic mass is 10.3. The molecule has 2 N–H and O–H groups in total. The molecule has 1 heterocycles. The molecule has 0 aliphatic carbocycles. The van der Waals surface area contributed by atoms with Crippen molar-refractivity contribution in [1.29, 1.82) is 0 Å². The highest BCUT2D eigenvalue weighted by Crippen LogP contribution is 2.30. The molecule has 0 saturated carbocycles. The summed E-state index contributed by atoms with van der Waals surface area (Å²) in [6.07, 6.45) is 0. The number of nitrogen functional groups attached to an aromatic ring is 1. The first-order valence-corrected chi connectivity index (χ1v) is 6.53. The molecule has 0 aliphatic heterocycles. The third-order valence-corrected chi connectivity index (χ3v) is 3.40. The topological polar surface area (TPSA) is 61.0 Å². The molecule has 0 saturated heterocycles. The number of nitrogens with zero attached hydrogens (tertiary/aromatic N) is 2. The highest BCUT2D eigenvalue weighted by Gasteiger charge is 2.05. The lowest BCUT2D eigenvalue weighted by Gasteiger charge is -2.07. The van der Waals surface area contributed by atoms with Gasteiger partial charge >= 0.3 is 0 Å². The van der Waals surface area contributed by atoms with Gasteiger partial charge in [-0.15, -0.1) is 11.8 Å². The number of rotatable bonds is 4. The second-order valence-electron chi connectivity index (χ2n) is 3.79. The third-order valence-electron chi connectivity index (χ3n) is 2.35. The number of aryl methyl sites for hydroxylation is 1. The maximum atomic E-state index is 5.70. The van der Waals surface area contributed by atoms with Gasteiger partial charge in [-0.2, -0.15) is 0 Å². The van der Waals surface area contributed by atoms with Crippen LogP contribution in [0.3, 0.4) is 0 Å². The van der Waals surface area contributed by atoms with Crippen LogP contribution >= 0.6 is 11.8 Å². The molecular weight excluding hydrogens is 246 g/mol. The standard InChI is InChI=1S/C13H15N3OS/c1-9-7-12(14)16-13(15-9)8-18-11-6-4-3-5-10(11)17-2/h3-7H,8H2,1-2H3,(H2,14,15,16). The molecule has 4 nitrogen and oxygen atoms in total.